The third-order valence-electron chi connectivity index (χ3n) is 3.61. The molecule has 1 heterocycles. The third kappa shape index (κ3) is 3.48. The molecule has 4 nitrogen and oxygen atoms in total. The number of aryl methyl sites for hydroxylation is 1. The maximum atomic E-state index is 5.63. The van der Waals surface area contributed by atoms with Gasteiger partial charge in [0.05, 0.1) is 6.04 Å². The number of nitrogens with two attached hydrogens (primary N) is 1. The Hall–Kier alpha value is -1.00. The van der Waals surface area contributed by atoms with E-state index < -0.39 is 0 Å². The summed E-state index contributed by atoms with van der Waals surface area (Å²) in [6.07, 6.45) is 11.5. The molecule has 1 unspecified atom stereocenters. The lowest BCUT2D eigenvalue weighted by Gasteiger charge is -2.25. The first-order valence-electron chi connectivity index (χ1n) is 6.54. The van der Waals surface area contributed by atoms with E-state index in [0.717, 1.165) is 23.7 Å². The van der Waals surface area contributed by atoms with Gasteiger partial charge in [0.15, 0.2) is 0 Å². The van der Waals surface area contributed by atoms with E-state index >= 15 is 0 Å². The number of rotatable bonds is 4. The zero-order valence-corrected chi connectivity index (χ0v) is 10.5. The second-order valence-corrected chi connectivity index (χ2v) is 5.08. The lowest BCUT2D eigenvalue weighted by molar-refractivity contribution is 0.296. The van der Waals surface area contributed by atoms with Gasteiger partial charge in [-0.25, -0.2) is 15.4 Å². The average molecular weight is 234 g/mol. The van der Waals surface area contributed by atoms with E-state index in [9.17, 15) is 0 Å². The maximum absolute atomic E-state index is 5.63. The Balaban J connectivity index is 1.97. The lowest BCUT2D eigenvalue weighted by Crippen LogP contribution is -2.31. The number of hydrogen-bond acceptors (Lipinski definition) is 4. The van der Waals surface area contributed by atoms with Gasteiger partial charge in [-0.3, -0.25) is 5.84 Å². The molecular formula is C13H22N4. The third-order valence-corrected chi connectivity index (χ3v) is 3.61. The normalized spacial score (nSPS) is 19.2. The molecule has 0 bridgehead atoms. The molecule has 1 saturated carbocycles. The summed E-state index contributed by atoms with van der Waals surface area (Å²) >= 11 is 0. The van der Waals surface area contributed by atoms with Gasteiger partial charge in [0.1, 0.15) is 5.82 Å². The molecule has 0 aromatic carbocycles. The Morgan fingerprint density at radius 3 is 2.53 bits per heavy atom. The predicted octanol–water partition coefficient (Wildman–Crippen LogP) is 2.26. The molecule has 4 heteroatoms. The van der Waals surface area contributed by atoms with Crippen molar-refractivity contribution < 1.29 is 0 Å². The minimum Gasteiger partial charge on any atom is -0.271 e. The van der Waals surface area contributed by atoms with E-state index in [0.29, 0.717) is 0 Å². The van der Waals surface area contributed by atoms with E-state index in [-0.39, 0.29) is 6.04 Å². The predicted molar refractivity (Wildman–Crippen MR) is 68.0 cm³/mol. The summed E-state index contributed by atoms with van der Waals surface area (Å²) in [4.78, 5) is 8.72. The molecule has 17 heavy (non-hydrogen) atoms. The van der Waals surface area contributed by atoms with Crippen LogP contribution in [0.25, 0.3) is 0 Å². The molecule has 1 atom stereocenters. The zero-order chi connectivity index (χ0) is 12.1. The van der Waals surface area contributed by atoms with Gasteiger partial charge in [-0.15, -0.1) is 0 Å². The van der Waals surface area contributed by atoms with Crippen LogP contribution in [-0.4, -0.2) is 9.97 Å². The van der Waals surface area contributed by atoms with Crippen LogP contribution in [0, 0.1) is 12.8 Å². The van der Waals surface area contributed by atoms with E-state index in [4.69, 9.17) is 5.84 Å². The Morgan fingerprint density at radius 1 is 1.29 bits per heavy atom. The lowest BCUT2D eigenvalue weighted by atomic mass is 9.85. The highest BCUT2D eigenvalue weighted by molar-refractivity contribution is 5.04. The van der Waals surface area contributed by atoms with E-state index in [1.807, 2.05) is 19.3 Å². The Kier molecular flexibility index (Phi) is 4.45. The molecule has 0 saturated heterocycles. The molecule has 1 aromatic rings. The second kappa shape index (κ2) is 6.07. The number of hydrazine groups is 1. The number of nitrogens with zero attached hydrogens (tertiary/aromatic N) is 2. The fourth-order valence-corrected chi connectivity index (χ4v) is 2.59. The minimum atomic E-state index is 0.0960. The summed E-state index contributed by atoms with van der Waals surface area (Å²) in [5, 5.41) is 0. The van der Waals surface area contributed by atoms with Crippen molar-refractivity contribution in [2.45, 2.75) is 51.5 Å². The maximum Gasteiger partial charge on any atom is 0.146 e. The standard InChI is InChI=1S/C13H22N4/c1-10-8-15-13(16-9-10)12(17-14)7-11-5-3-2-4-6-11/h8-9,11-12,17H,2-7,14H2,1H3. The molecule has 1 aliphatic carbocycles. The van der Waals surface area contributed by atoms with Crippen LogP contribution in [0.15, 0.2) is 12.4 Å². The Bertz CT molecular complexity index is 330. The van der Waals surface area contributed by atoms with Crippen molar-refractivity contribution in [1.29, 1.82) is 0 Å². The largest absolute Gasteiger partial charge is 0.271 e. The van der Waals surface area contributed by atoms with Crippen molar-refractivity contribution in [2.24, 2.45) is 11.8 Å². The number of hydrogen-bond donors (Lipinski definition) is 2. The smallest absolute Gasteiger partial charge is 0.146 e. The highest BCUT2D eigenvalue weighted by atomic mass is 15.2. The van der Waals surface area contributed by atoms with E-state index in [1.54, 1.807) is 0 Å². The molecule has 3 N–H and O–H groups in total. The van der Waals surface area contributed by atoms with E-state index in [1.165, 1.54) is 32.1 Å². The Morgan fingerprint density at radius 2 is 1.94 bits per heavy atom. The molecule has 0 amide bonds. The molecule has 2 rings (SSSR count). The fraction of sp³-hybridized carbons (Fsp3) is 0.692. The van der Waals surface area contributed by atoms with Gasteiger partial charge in [-0.1, -0.05) is 32.1 Å². The minimum absolute atomic E-state index is 0.0960. The number of aromatic nitrogens is 2. The van der Waals surface area contributed by atoms with Gasteiger partial charge in [-0.05, 0) is 24.8 Å². The summed E-state index contributed by atoms with van der Waals surface area (Å²) in [6.45, 7) is 2.00. The molecule has 0 spiro atoms. The van der Waals surface area contributed by atoms with Crippen LogP contribution in [0.1, 0.15) is 56.0 Å². The quantitative estimate of drug-likeness (QED) is 0.619. The molecule has 1 fully saturated rings. The van der Waals surface area contributed by atoms with Crippen LogP contribution >= 0.6 is 0 Å². The molecule has 1 aromatic heterocycles. The number of nitrogens with one attached hydrogen (secondary N) is 1. The van der Waals surface area contributed by atoms with Crippen molar-refractivity contribution in [2.75, 3.05) is 0 Å². The SMILES string of the molecule is Cc1cnc(C(CC2CCCCC2)NN)nc1. The van der Waals surface area contributed by atoms with Crippen LogP contribution in [0.3, 0.4) is 0 Å². The first-order chi connectivity index (χ1) is 8.29. The summed E-state index contributed by atoms with van der Waals surface area (Å²) < 4.78 is 0. The molecule has 94 valence electrons. The van der Waals surface area contributed by atoms with Crippen molar-refractivity contribution in [3.63, 3.8) is 0 Å². The molecule has 0 aliphatic heterocycles. The van der Waals surface area contributed by atoms with Crippen molar-refractivity contribution in [3.05, 3.63) is 23.8 Å². The Labute approximate surface area is 103 Å². The van der Waals surface area contributed by atoms with Gasteiger partial charge >= 0.3 is 0 Å². The highest BCUT2D eigenvalue weighted by Gasteiger charge is 2.20. The van der Waals surface area contributed by atoms with Crippen LogP contribution < -0.4 is 11.3 Å². The van der Waals surface area contributed by atoms with Crippen LogP contribution in [-0.2, 0) is 0 Å². The topological polar surface area (TPSA) is 63.8 Å². The first kappa shape index (κ1) is 12.5. The average Bonchev–Trinajstić information content (AvgIpc) is 2.38. The summed E-state index contributed by atoms with van der Waals surface area (Å²) in [5.74, 6) is 7.23. The van der Waals surface area contributed by atoms with Crippen molar-refractivity contribution >= 4 is 0 Å². The van der Waals surface area contributed by atoms with Gasteiger partial charge in [0.2, 0.25) is 0 Å². The zero-order valence-electron chi connectivity index (χ0n) is 10.5. The molecular weight excluding hydrogens is 212 g/mol. The van der Waals surface area contributed by atoms with Crippen molar-refractivity contribution in [1.82, 2.24) is 15.4 Å². The van der Waals surface area contributed by atoms with Gasteiger partial charge < -0.3 is 0 Å². The summed E-state index contributed by atoms with van der Waals surface area (Å²) in [6, 6.07) is 0.0960. The fourth-order valence-electron chi connectivity index (χ4n) is 2.59. The van der Waals surface area contributed by atoms with Crippen LogP contribution in [0.4, 0.5) is 0 Å². The first-order valence-corrected chi connectivity index (χ1v) is 6.54. The summed E-state index contributed by atoms with van der Waals surface area (Å²) in [7, 11) is 0. The van der Waals surface area contributed by atoms with Crippen molar-refractivity contribution in [3.8, 4) is 0 Å². The van der Waals surface area contributed by atoms with Gasteiger partial charge in [0.25, 0.3) is 0 Å². The van der Waals surface area contributed by atoms with E-state index in [2.05, 4.69) is 15.4 Å². The highest BCUT2D eigenvalue weighted by Crippen LogP contribution is 2.30. The molecule has 1 aliphatic rings. The van der Waals surface area contributed by atoms with Crippen LogP contribution in [0.2, 0.25) is 0 Å². The summed E-state index contributed by atoms with van der Waals surface area (Å²) in [5.41, 5.74) is 3.95. The second-order valence-electron chi connectivity index (χ2n) is 5.08. The monoisotopic (exact) mass is 234 g/mol. The van der Waals surface area contributed by atoms with Gasteiger partial charge in [0, 0.05) is 12.4 Å². The molecule has 0 radical (unpaired) electrons. The van der Waals surface area contributed by atoms with Crippen LogP contribution in [0.5, 0.6) is 0 Å². The van der Waals surface area contributed by atoms with Gasteiger partial charge in [-0.2, -0.15) is 0 Å².